The normalized spacial score (nSPS) is 11.6. The van der Waals surface area contributed by atoms with Crippen molar-refractivity contribution in [2.75, 3.05) is 13.2 Å². The topological polar surface area (TPSA) is 78.6 Å². The third-order valence-corrected chi connectivity index (χ3v) is 1.54. The van der Waals surface area contributed by atoms with Crippen LogP contribution in [0.2, 0.25) is 0 Å². The Balaban J connectivity index is 4.57. The zero-order valence-corrected chi connectivity index (χ0v) is 8.76. The van der Waals surface area contributed by atoms with Crippen molar-refractivity contribution < 1.29 is 19.1 Å². The Labute approximate surface area is 86.8 Å². The largest absolute Gasteiger partial charge is 0.462 e. The van der Waals surface area contributed by atoms with Gasteiger partial charge in [0.05, 0.1) is 13.2 Å². The number of hydrogen-bond donors (Lipinski definition) is 1. The first kappa shape index (κ1) is 12.8. The van der Waals surface area contributed by atoms with E-state index in [0.29, 0.717) is 0 Å². The van der Waals surface area contributed by atoms with E-state index in [9.17, 15) is 9.59 Å². The molecule has 0 rings (SSSR count). The minimum atomic E-state index is -0.834. The number of hydrogen-bond acceptors (Lipinski definition) is 5. The van der Waals surface area contributed by atoms with Crippen molar-refractivity contribution in [1.29, 1.82) is 0 Å². The lowest BCUT2D eigenvalue weighted by atomic mass is 10.4. The average molecular weight is 222 g/mol. The minimum absolute atomic E-state index is 0.158. The van der Waals surface area contributed by atoms with E-state index in [0.717, 1.165) is 0 Å². The van der Waals surface area contributed by atoms with Gasteiger partial charge >= 0.3 is 11.9 Å². The predicted molar refractivity (Wildman–Crippen MR) is 50.3 cm³/mol. The molecule has 80 valence electrons. The smallest absolute Gasteiger partial charge is 0.356 e. The summed E-state index contributed by atoms with van der Waals surface area (Å²) in [5.41, 5.74) is 4.81. The maximum Gasteiger partial charge on any atom is 0.356 e. The van der Waals surface area contributed by atoms with Gasteiger partial charge in [0.25, 0.3) is 0 Å². The summed E-state index contributed by atoms with van der Waals surface area (Å²) in [6.45, 7) is 3.55. The molecule has 0 amide bonds. The number of esters is 2. The third-order valence-electron chi connectivity index (χ3n) is 1.19. The molecule has 2 N–H and O–H groups in total. The summed E-state index contributed by atoms with van der Waals surface area (Å²) in [5, 5.41) is -0.453. The molecule has 0 bridgehead atoms. The van der Waals surface area contributed by atoms with E-state index < -0.39 is 22.7 Å². The molecule has 0 aromatic rings. The van der Waals surface area contributed by atoms with Crippen LogP contribution in [-0.2, 0) is 19.1 Å². The van der Waals surface area contributed by atoms with Gasteiger partial charge < -0.3 is 15.2 Å². The van der Waals surface area contributed by atoms with Crippen LogP contribution in [0, 0.1) is 0 Å². The standard InChI is InChI=1S/C8H12ClNO4/c1-3-13-7(11)5(9)6(10)8(12)14-4-2/h3-4,10H2,1-2H3/b6-5-. The summed E-state index contributed by atoms with van der Waals surface area (Å²) in [6, 6.07) is 0. The average Bonchev–Trinajstić information content (AvgIpc) is 2.16. The van der Waals surface area contributed by atoms with Crippen molar-refractivity contribution >= 4 is 23.5 Å². The SMILES string of the molecule is CCOC(=O)/C(N)=C(/Cl)C(=O)OCC. The molecule has 0 radical (unpaired) electrons. The van der Waals surface area contributed by atoms with Crippen LogP contribution < -0.4 is 5.73 Å². The van der Waals surface area contributed by atoms with Crippen LogP contribution >= 0.6 is 11.6 Å². The van der Waals surface area contributed by atoms with Gasteiger partial charge in [-0.1, -0.05) is 11.6 Å². The van der Waals surface area contributed by atoms with Crippen molar-refractivity contribution in [3.05, 3.63) is 10.7 Å². The molecule has 0 spiro atoms. The second-order valence-electron chi connectivity index (χ2n) is 2.17. The van der Waals surface area contributed by atoms with Crippen molar-refractivity contribution in [3.63, 3.8) is 0 Å². The maximum absolute atomic E-state index is 11.0. The van der Waals surface area contributed by atoms with Crippen LogP contribution in [0.1, 0.15) is 13.8 Å². The molecule has 0 aliphatic rings. The fraction of sp³-hybridized carbons (Fsp3) is 0.500. The first-order chi connectivity index (χ1) is 6.54. The molecular weight excluding hydrogens is 210 g/mol. The molecule has 0 heterocycles. The Bertz CT molecular complexity index is 236. The van der Waals surface area contributed by atoms with Crippen molar-refractivity contribution in [2.24, 2.45) is 5.73 Å². The summed E-state index contributed by atoms with van der Waals surface area (Å²) in [5.74, 6) is -1.66. The van der Waals surface area contributed by atoms with Crippen LogP contribution in [-0.4, -0.2) is 25.2 Å². The molecule has 14 heavy (non-hydrogen) atoms. The van der Waals surface area contributed by atoms with Crippen LogP contribution in [0.15, 0.2) is 10.7 Å². The Kier molecular flexibility index (Phi) is 5.71. The van der Waals surface area contributed by atoms with E-state index in [2.05, 4.69) is 9.47 Å². The van der Waals surface area contributed by atoms with E-state index >= 15 is 0 Å². The maximum atomic E-state index is 11.0. The number of ether oxygens (including phenoxy) is 2. The van der Waals surface area contributed by atoms with Gasteiger partial charge in [0.1, 0.15) is 5.70 Å². The van der Waals surface area contributed by atoms with Gasteiger partial charge in [-0.05, 0) is 13.8 Å². The summed E-state index contributed by atoms with van der Waals surface area (Å²) in [6.07, 6.45) is 0. The highest BCUT2D eigenvalue weighted by molar-refractivity contribution is 6.43. The van der Waals surface area contributed by atoms with Gasteiger partial charge in [-0.2, -0.15) is 0 Å². The molecule has 0 aliphatic carbocycles. The first-order valence-electron chi connectivity index (χ1n) is 4.04. The second kappa shape index (κ2) is 6.26. The highest BCUT2D eigenvalue weighted by Gasteiger charge is 2.18. The molecule has 0 unspecified atom stereocenters. The summed E-state index contributed by atoms with van der Waals surface area (Å²) < 4.78 is 9.08. The molecular formula is C8H12ClNO4. The van der Waals surface area contributed by atoms with Crippen LogP contribution in [0.4, 0.5) is 0 Å². The van der Waals surface area contributed by atoms with Gasteiger partial charge in [0.15, 0.2) is 5.03 Å². The lowest BCUT2D eigenvalue weighted by Gasteiger charge is -2.04. The monoisotopic (exact) mass is 221 g/mol. The van der Waals surface area contributed by atoms with E-state index in [4.69, 9.17) is 17.3 Å². The molecule has 0 aromatic carbocycles. The quantitative estimate of drug-likeness (QED) is 0.553. The van der Waals surface area contributed by atoms with Gasteiger partial charge in [-0.15, -0.1) is 0 Å². The van der Waals surface area contributed by atoms with Gasteiger partial charge in [-0.3, -0.25) is 0 Å². The van der Waals surface area contributed by atoms with Crippen molar-refractivity contribution in [1.82, 2.24) is 0 Å². The summed E-state index contributed by atoms with van der Waals surface area (Å²) in [4.78, 5) is 22.0. The first-order valence-corrected chi connectivity index (χ1v) is 4.41. The number of carbonyl (C=O) groups is 2. The van der Waals surface area contributed by atoms with Gasteiger partial charge in [0.2, 0.25) is 0 Å². The third kappa shape index (κ3) is 3.66. The van der Waals surface area contributed by atoms with Gasteiger partial charge in [0, 0.05) is 0 Å². The zero-order chi connectivity index (χ0) is 11.1. The molecule has 5 nitrogen and oxygen atoms in total. The second-order valence-corrected chi connectivity index (χ2v) is 2.55. The molecule has 6 heteroatoms. The Morgan fingerprint density at radius 1 is 1.14 bits per heavy atom. The number of nitrogens with two attached hydrogens (primary N) is 1. The predicted octanol–water partition coefficient (Wildman–Crippen LogP) is 0.522. The zero-order valence-electron chi connectivity index (χ0n) is 8.00. The molecule has 0 saturated heterocycles. The number of carbonyl (C=O) groups excluding carboxylic acids is 2. The lowest BCUT2D eigenvalue weighted by Crippen LogP contribution is -2.19. The van der Waals surface area contributed by atoms with E-state index in [1.54, 1.807) is 13.8 Å². The minimum Gasteiger partial charge on any atom is -0.462 e. The van der Waals surface area contributed by atoms with Crippen LogP contribution in [0.3, 0.4) is 0 Å². The highest BCUT2D eigenvalue weighted by Crippen LogP contribution is 2.08. The molecule has 0 fully saturated rings. The Morgan fingerprint density at radius 3 is 2.00 bits per heavy atom. The number of halogens is 1. The van der Waals surface area contributed by atoms with Gasteiger partial charge in [-0.25, -0.2) is 9.59 Å². The molecule has 0 aliphatic heterocycles. The van der Waals surface area contributed by atoms with Crippen molar-refractivity contribution in [3.8, 4) is 0 Å². The van der Waals surface area contributed by atoms with E-state index in [1.165, 1.54) is 0 Å². The lowest BCUT2D eigenvalue weighted by molar-refractivity contribution is -0.141. The van der Waals surface area contributed by atoms with Crippen LogP contribution in [0.5, 0.6) is 0 Å². The fourth-order valence-electron chi connectivity index (χ4n) is 0.603. The summed E-state index contributed by atoms with van der Waals surface area (Å²) >= 11 is 5.47. The highest BCUT2D eigenvalue weighted by atomic mass is 35.5. The summed E-state index contributed by atoms with van der Waals surface area (Å²) in [7, 11) is 0. The van der Waals surface area contributed by atoms with Crippen LogP contribution in [0.25, 0.3) is 0 Å². The Hall–Kier alpha value is -1.23. The van der Waals surface area contributed by atoms with E-state index in [-0.39, 0.29) is 13.2 Å². The van der Waals surface area contributed by atoms with E-state index in [1.807, 2.05) is 0 Å². The fourth-order valence-corrected chi connectivity index (χ4v) is 0.735. The molecule has 0 atom stereocenters. The molecule has 0 saturated carbocycles. The molecule has 0 aromatic heterocycles. The van der Waals surface area contributed by atoms with Crippen molar-refractivity contribution in [2.45, 2.75) is 13.8 Å². The Morgan fingerprint density at radius 2 is 1.57 bits per heavy atom. The number of rotatable bonds is 4.